The normalized spacial score (nSPS) is 10.6. The Morgan fingerprint density at radius 2 is 1.92 bits per heavy atom. The van der Waals surface area contributed by atoms with Gasteiger partial charge in [0.2, 0.25) is 0 Å². The molecular formula is C18H13ClN2O4. The fraction of sp³-hybridized carbons (Fsp3) is 0.111. The van der Waals surface area contributed by atoms with Crippen LogP contribution in [-0.4, -0.2) is 22.5 Å². The van der Waals surface area contributed by atoms with Crippen molar-refractivity contribution in [3.05, 3.63) is 69.4 Å². The summed E-state index contributed by atoms with van der Waals surface area (Å²) >= 11 is 5.93. The molecule has 0 aliphatic heterocycles. The molecule has 7 heteroatoms. The SMILES string of the molecule is CCOC(=O)c1cc(-c2ccc(Cl)cc2)c2cc([N+](=O)[O-])ccc2n1. The molecular weight excluding hydrogens is 344 g/mol. The van der Waals surface area contributed by atoms with Crippen LogP contribution in [0.1, 0.15) is 17.4 Å². The third-order valence-corrected chi connectivity index (χ3v) is 3.89. The minimum Gasteiger partial charge on any atom is -0.461 e. The molecule has 1 heterocycles. The fourth-order valence-electron chi connectivity index (χ4n) is 2.51. The number of aromatic nitrogens is 1. The molecule has 0 atom stereocenters. The number of carbonyl (C=O) groups is 1. The topological polar surface area (TPSA) is 82.3 Å². The van der Waals surface area contributed by atoms with Gasteiger partial charge in [0.05, 0.1) is 17.0 Å². The molecule has 1 aromatic heterocycles. The zero-order valence-electron chi connectivity index (χ0n) is 13.2. The molecule has 0 unspecified atom stereocenters. The molecule has 0 spiro atoms. The molecule has 0 amide bonds. The number of nitro benzene ring substituents is 1. The molecule has 6 nitrogen and oxygen atoms in total. The van der Waals surface area contributed by atoms with Gasteiger partial charge in [-0.1, -0.05) is 23.7 Å². The Balaban J connectivity index is 2.28. The van der Waals surface area contributed by atoms with Crippen LogP contribution in [0.3, 0.4) is 0 Å². The molecule has 0 radical (unpaired) electrons. The van der Waals surface area contributed by atoms with Crippen LogP contribution in [0, 0.1) is 10.1 Å². The predicted molar refractivity (Wildman–Crippen MR) is 94.8 cm³/mol. The minimum absolute atomic E-state index is 0.0478. The summed E-state index contributed by atoms with van der Waals surface area (Å²) in [6, 6.07) is 12.9. The highest BCUT2D eigenvalue weighted by Crippen LogP contribution is 2.32. The number of benzene rings is 2. The molecule has 0 N–H and O–H groups in total. The molecule has 3 rings (SSSR count). The summed E-state index contributed by atoms with van der Waals surface area (Å²) in [4.78, 5) is 27.0. The van der Waals surface area contributed by atoms with Gasteiger partial charge in [0.25, 0.3) is 5.69 Å². The van der Waals surface area contributed by atoms with E-state index in [-0.39, 0.29) is 18.0 Å². The summed E-state index contributed by atoms with van der Waals surface area (Å²) in [5.74, 6) is -0.544. The zero-order valence-corrected chi connectivity index (χ0v) is 14.0. The maximum atomic E-state index is 12.1. The van der Waals surface area contributed by atoms with Crippen LogP contribution in [0.4, 0.5) is 5.69 Å². The number of hydrogen-bond acceptors (Lipinski definition) is 5. The molecule has 0 aliphatic rings. The quantitative estimate of drug-likeness (QED) is 0.386. The highest BCUT2D eigenvalue weighted by molar-refractivity contribution is 6.30. The van der Waals surface area contributed by atoms with E-state index in [2.05, 4.69) is 4.98 Å². The number of fused-ring (bicyclic) bond motifs is 1. The van der Waals surface area contributed by atoms with Crippen molar-refractivity contribution in [3.8, 4) is 11.1 Å². The van der Waals surface area contributed by atoms with Gasteiger partial charge in [-0.3, -0.25) is 10.1 Å². The lowest BCUT2D eigenvalue weighted by Gasteiger charge is -2.10. The van der Waals surface area contributed by atoms with Crippen molar-refractivity contribution in [1.82, 2.24) is 4.98 Å². The van der Waals surface area contributed by atoms with Crippen LogP contribution in [0.5, 0.6) is 0 Å². The molecule has 0 bridgehead atoms. The van der Waals surface area contributed by atoms with Gasteiger partial charge in [0.15, 0.2) is 0 Å². The average Bonchev–Trinajstić information content (AvgIpc) is 2.61. The number of non-ortho nitro benzene ring substituents is 1. The van der Waals surface area contributed by atoms with Gasteiger partial charge in [-0.25, -0.2) is 9.78 Å². The van der Waals surface area contributed by atoms with Gasteiger partial charge >= 0.3 is 5.97 Å². The van der Waals surface area contributed by atoms with Crippen LogP contribution in [-0.2, 0) is 4.74 Å². The fourth-order valence-corrected chi connectivity index (χ4v) is 2.63. The third-order valence-electron chi connectivity index (χ3n) is 3.64. The zero-order chi connectivity index (χ0) is 18.0. The van der Waals surface area contributed by atoms with Gasteiger partial charge < -0.3 is 4.74 Å². The Kier molecular flexibility index (Phi) is 4.63. The lowest BCUT2D eigenvalue weighted by Crippen LogP contribution is -2.07. The lowest BCUT2D eigenvalue weighted by molar-refractivity contribution is -0.384. The first-order valence-corrected chi connectivity index (χ1v) is 7.89. The van der Waals surface area contributed by atoms with E-state index in [9.17, 15) is 14.9 Å². The summed E-state index contributed by atoms with van der Waals surface area (Å²) in [6.07, 6.45) is 0. The second-order valence-corrected chi connectivity index (χ2v) is 5.68. The number of nitrogens with zero attached hydrogens (tertiary/aromatic N) is 2. The average molecular weight is 357 g/mol. The van der Waals surface area contributed by atoms with Gasteiger partial charge in [-0.05, 0) is 42.3 Å². The number of rotatable bonds is 4. The first-order chi connectivity index (χ1) is 12.0. The Morgan fingerprint density at radius 3 is 2.56 bits per heavy atom. The number of halogens is 1. The predicted octanol–water partition coefficient (Wildman–Crippen LogP) is 4.64. The highest BCUT2D eigenvalue weighted by Gasteiger charge is 2.16. The molecule has 2 aromatic carbocycles. The second-order valence-electron chi connectivity index (χ2n) is 5.24. The number of carbonyl (C=O) groups excluding carboxylic acids is 1. The van der Waals surface area contributed by atoms with Crippen molar-refractivity contribution in [3.63, 3.8) is 0 Å². The van der Waals surface area contributed by atoms with Gasteiger partial charge in [-0.2, -0.15) is 0 Å². The van der Waals surface area contributed by atoms with E-state index in [4.69, 9.17) is 16.3 Å². The number of hydrogen-bond donors (Lipinski definition) is 0. The molecule has 0 aliphatic carbocycles. The summed E-state index contributed by atoms with van der Waals surface area (Å²) in [5.41, 5.74) is 1.99. The lowest BCUT2D eigenvalue weighted by atomic mass is 9.99. The van der Waals surface area contributed by atoms with E-state index in [1.165, 1.54) is 18.2 Å². The van der Waals surface area contributed by atoms with Crippen LogP contribution in [0.15, 0.2) is 48.5 Å². The van der Waals surface area contributed by atoms with Crippen LogP contribution >= 0.6 is 11.6 Å². The number of nitro groups is 1. The van der Waals surface area contributed by atoms with Crippen LogP contribution in [0.2, 0.25) is 5.02 Å². The molecule has 126 valence electrons. The van der Waals surface area contributed by atoms with E-state index >= 15 is 0 Å². The molecule has 3 aromatic rings. The highest BCUT2D eigenvalue weighted by atomic mass is 35.5. The molecule has 0 saturated heterocycles. The molecule has 0 saturated carbocycles. The van der Waals surface area contributed by atoms with Gasteiger partial charge in [-0.15, -0.1) is 0 Å². The smallest absolute Gasteiger partial charge is 0.356 e. The van der Waals surface area contributed by atoms with Crippen molar-refractivity contribution >= 4 is 34.2 Å². The van der Waals surface area contributed by atoms with Crippen molar-refractivity contribution < 1.29 is 14.5 Å². The van der Waals surface area contributed by atoms with Gasteiger partial charge in [0.1, 0.15) is 5.69 Å². The van der Waals surface area contributed by atoms with Crippen molar-refractivity contribution in [1.29, 1.82) is 0 Å². The van der Waals surface area contributed by atoms with E-state index < -0.39 is 10.9 Å². The van der Waals surface area contributed by atoms with Crippen molar-refractivity contribution in [2.24, 2.45) is 0 Å². The minimum atomic E-state index is -0.544. The number of ether oxygens (including phenoxy) is 1. The maximum absolute atomic E-state index is 12.1. The largest absolute Gasteiger partial charge is 0.461 e. The summed E-state index contributed by atoms with van der Waals surface area (Å²) in [6.45, 7) is 1.94. The molecule has 0 fully saturated rings. The Morgan fingerprint density at radius 1 is 1.20 bits per heavy atom. The van der Waals surface area contributed by atoms with E-state index in [0.29, 0.717) is 21.5 Å². The third kappa shape index (κ3) is 3.44. The van der Waals surface area contributed by atoms with E-state index in [0.717, 1.165) is 5.56 Å². The summed E-state index contributed by atoms with van der Waals surface area (Å²) in [5, 5.41) is 12.2. The Hall–Kier alpha value is -2.99. The van der Waals surface area contributed by atoms with Crippen molar-refractivity contribution in [2.45, 2.75) is 6.92 Å². The standard InChI is InChI=1S/C18H13ClN2O4/c1-2-25-18(22)17-10-14(11-3-5-12(19)6-4-11)15-9-13(21(23)24)7-8-16(15)20-17/h3-10H,2H2,1H3. The van der Waals surface area contributed by atoms with Crippen molar-refractivity contribution in [2.75, 3.05) is 6.61 Å². The maximum Gasteiger partial charge on any atom is 0.356 e. The van der Waals surface area contributed by atoms with Crippen LogP contribution < -0.4 is 0 Å². The van der Waals surface area contributed by atoms with Crippen LogP contribution in [0.25, 0.3) is 22.0 Å². The Bertz CT molecular complexity index is 971. The Labute approximate surface area is 148 Å². The first kappa shape index (κ1) is 16.9. The van der Waals surface area contributed by atoms with Gasteiger partial charge in [0, 0.05) is 22.5 Å². The molecule has 25 heavy (non-hydrogen) atoms. The van der Waals surface area contributed by atoms with E-state index in [1.54, 1.807) is 37.3 Å². The number of esters is 1. The summed E-state index contributed by atoms with van der Waals surface area (Å²) in [7, 11) is 0. The first-order valence-electron chi connectivity index (χ1n) is 7.52. The number of pyridine rings is 1. The second kappa shape index (κ2) is 6.86. The monoisotopic (exact) mass is 356 g/mol. The van der Waals surface area contributed by atoms with E-state index in [1.807, 2.05) is 0 Å². The summed E-state index contributed by atoms with van der Waals surface area (Å²) < 4.78 is 5.02.